The lowest BCUT2D eigenvalue weighted by atomic mass is 10.1. The minimum absolute atomic E-state index is 0.0341. The number of alkyl halides is 3. The Bertz CT molecular complexity index is 1250. The smallest absolute Gasteiger partial charge is 0.347 e. The van der Waals surface area contributed by atoms with Gasteiger partial charge in [0.15, 0.2) is 5.82 Å². The molecular weight excluding hydrogens is 425 g/mol. The summed E-state index contributed by atoms with van der Waals surface area (Å²) in [6.07, 6.45) is 0.497. The molecule has 1 aromatic carbocycles. The maximum absolute atomic E-state index is 13.1. The zero-order valence-electron chi connectivity index (χ0n) is 16.8. The normalized spacial score (nSPS) is 11.5. The number of carbonyl (C=O) groups excluding carboxylic acids is 1. The number of rotatable bonds is 6. The summed E-state index contributed by atoms with van der Waals surface area (Å²) in [5, 5.41) is 6.33. The van der Waals surface area contributed by atoms with Crippen LogP contribution in [0.4, 0.5) is 13.2 Å². The van der Waals surface area contributed by atoms with Crippen molar-refractivity contribution in [2.75, 3.05) is 0 Å². The maximum atomic E-state index is 13.1. The van der Waals surface area contributed by atoms with E-state index in [1.54, 1.807) is 18.3 Å². The first kappa shape index (κ1) is 21.2. The van der Waals surface area contributed by atoms with E-state index in [0.29, 0.717) is 29.5 Å². The average molecular weight is 442 g/mol. The fourth-order valence-electron chi connectivity index (χ4n) is 2.99. The van der Waals surface area contributed by atoms with Crippen molar-refractivity contribution in [3.8, 4) is 17.3 Å². The number of aromatic nitrogens is 5. The first-order chi connectivity index (χ1) is 15.3. The van der Waals surface area contributed by atoms with E-state index < -0.39 is 17.6 Å². The van der Waals surface area contributed by atoms with Crippen molar-refractivity contribution >= 4 is 5.91 Å². The predicted octanol–water partition coefficient (Wildman–Crippen LogP) is 3.83. The number of amides is 1. The molecule has 0 atom stereocenters. The lowest BCUT2D eigenvalue weighted by molar-refractivity contribution is -0.138. The van der Waals surface area contributed by atoms with Gasteiger partial charge in [-0.15, -0.1) is 0 Å². The third-order valence-electron chi connectivity index (χ3n) is 4.62. The van der Waals surface area contributed by atoms with Crippen LogP contribution in [0.3, 0.4) is 0 Å². The van der Waals surface area contributed by atoms with Crippen molar-refractivity contribution in [2.45, 2.75) is 26.1 Å². The summed E-state index contributed by atoms with van der Waals surface area (Å²) >= 11 is 0. The molecule has 3 aromatic heterocycles. The van der Waals surface area contributed by atoms with Gasteiger partial charge in [-0.05, 0) is 23.8 Å². The van der Waals surface area contributed by atoms with Gasteiger partial charge in [0.25, 0.3) is 11.8 Å². The van der Waals surface area contributed by atoms with E-state index in [1.165, 1.54) is 35.3 Å². The van der Waals surface area contributed by atoms with Crippen LogP contribution in [0.25, 0.3) is 17.3 Å². The Labute approximate surface area is 180 Å². The molecule has 4 rings (SSSR count). The van der Waals surface area contributed by atoms with Crippen LogP contribution in [0.1, 0.15) is 34.4 Å². The zero-order chi connectivity index (χ0) is 22.7. The molecule has 0 aliphatic heterocycles. The maximum Gasteiger partial charge on any atom is 0.416 e. The van der Waals surface area contributed by atoms with Gasteiger partial charge < -0.3 is 9.84 Å². The molecule has 0 spiro atoms. The molecule has 0 saturated carbocycles. The molecule has 0 radical (unpaired) electrons. The summed E-state index contributed by atoms with van der Waals surface area (Å²) in [6, 6.07) is 8.47. The van der Waals surface area contributed by atoms with Gasteiger partial charge in [-0.3, -0.25) is 9.36 Å². The number of hydrogen-bond acceptors (Lipinski definition) is 6. The molecule has 0 aliphatic carbocycles. The molecule has 0 bridgehead atoms. The second kappa shape index (κ2) is 8.61. The topological polar surface area (TPSA) is 98.7 Å². The summed E-state index contributed by atoms with van der Waals surface area (Å²) in [7, 11) is 0. The van der Waals surface area contributed by atoms with Gasteiger partial charge in [-0.1, -0.05) is 30.3 Å². The summed E-state index contributed by atoms with van der Waals surface area (Å²) in [4.78, 5) is 25.0. The van der Waals surface area contributed by atoms with E-state index in [2.05, 4.69) is 25.4 Å². The van der Waals surface area contributed by atoms with E-state index in [-0.39, 0.29) is 17.8 Å². The van der Waals surface area contributed by atoms with Crippen LogP contribution in [0.2, 0.25) is 0 Å². The van der Waals surface area contributed by atoms with E-state index in [0.717, 1.165) is 6.07 Å². The van der Waals surface area contributed by atoms with Gasteiger partial charge in [-0.25, -0.2) is 9.97 Å². The highest BCUT2D eigenvalue weighted by Gasteiger charge is 2.32. The molecular formula is C21H17F3N6O2. The Kier molecular flexibility index (Phi) is 5.71. The molecule has 0 saturated heterocycles. The fraction of sp³-hybridized carbons (Fsp3) is 0.190. The Balaban J connectivity index is 1.49. The van der Waals surface area contributed by atoms with Crippen LogP contribution < -0.4 is 5.32 Å². The standard InChI is InChI=1S/C21H17F3N6O2/c1-2-17-28-20(32-29-17)13-7-8-25-18(9-13)30-11-16(27-12-30)19(31)26-10-14-5-3-4-6-15(14)21(22,23)24/h3-9,11-12H,2,10H2,1H3,(H,26,31). The number of nitrogens with one attached hydrogen (secondary N) is 1. The van der Waals surface area contributed by atoms with Crippen LogP contribution in [-0.4, -0.2) is 30.6 Å². The highest BCUT2D eigenvalue weighted by atomic mass is 19.4. The Hall–Kier alpha value is -4.02. The number of carbonyl (C=O) groups is 1. The number of imidazole rings is 1. The van der Waals surface area contributed by atoms with Crippen LogP contribution in [0, 0.1) is 0 Å². The number of pyridine rings is 1. The summed E-state index contributed by atoms with van der Waals surface area (Å²) in [6.45, 7) is 1.62. The van der Waals surface area contributed by atoms with Crippen molar-refractivity contribution < 1.29 is 22.5 Å². The predicted molar refractivity (Wildman–Crippen MR) is 107 cm³/mol. The van der Waals surface area contributed by atoms with Crippen molar-refractivity contribution in [3.05, 3.63) is 77.8 Å². The fourth-order valence-corrected chi connectivity index (χ4v) is 2.99. The van der Waals surface area contributed by atoms with Gasteiger partial charge in [0.2, 0.25) is 0 Å². The lowest BCUT2D eigenvalue weighted by Gasteiger charge is -2.12. The highest BCUT2D eigenvalue weighted by Crippen LogP contribution is 2.31. The van der Waals surface area contributed by atoms with Crippen molar-refractivity contribution in [1.82, 2.24) is 30.0 Å². The third kappa shape index (κ3) is 4.51. The van der Waals surface area contributed by atoms with E-state index in [9.17, 15) is 18.0 Å². The number of nitrogens with zero attached hydrogens (tertiary/aromatic N) is 5. The van der Waals surface area contributed by atoms with Crippen LogP contribution in [-0.2, 0) is 19.1 Å². The summed E-state index contributed by atoms with van der Waals surface area (Å²) < 4.78 is 46.1. The SMILES string of the molecule is CCc1noc(-c2ccnc(-n3cnc(C(=O)NCc4ccccc4C(F)(F)F)c3)c2)n1. The zero-order valence-corrected chi connectivity index (χ0v) is 16.8. The monoisotopic (exact) mass is 442 g/mol. The molecule has 32 heavy (non-hydrogen) atoms. The summed E-state index contributed by atoms with van der Waals surface area (Å²) in [5.74, 6) is 0.757. The second-order valence-electron chi connectivity index (χ2n) is 6.78. The van der Waals surface area contributed by atoms with E-state index in [1.807, 2.05) is 6.92 Å². The molecule has 164 valence electrons. The van der Waals surface area contributed by atoms with Crippen molar-refractivity contribution in [3.63, 3.8) is 0 Å². The first-order valence-corrected chi connectivity index (χ1v) is 9.62. The summed E-state index contributed by atoms with van der Waals surface area (Å²) in [5.41, 5.74) is -0.148. The van der Waals surface area contributed by atoms with Gasteiger partial charge in [0, 0.05) is 30.9 Å². The molecule has 11 heteroatoms. The van der Waals surface area contributed by atoms with Crippen LogP contribution in [0.5, 0.6) is 0 Å². The molecule has 0 unspecified atom stereocenters. The van der Waals surface area contributed by atoms with Crippen molar-refractivity contribution in [2.24, 2.45) is 0 Å². The molecule has 1 N–H and O–H groups in total. The minimum atomic E-state index is -4.50. The largest absolute Gasteiger partial charge is 0.416 e. The molecule has 0 aliphatic rings. The Morgan fingerprint density at radius 1 is 1.19 bits per heavy atom. The number of benzene rings is 1. The number of hydrogen-bond donors (Lipinski definition) is 1. The van der Waals surface area contributed by atoms with Gasteiger partial charge in [-0.2, -0.15) is 18.2 Å². The molecule has 4 aromatic rings. The van der Waals surface area contributed by atoms with Crippen molar-refractivity contribution in [1.29, 1.82) is 0 Å². The van der Waals surface area contributed by atoms with Gasteiger partial charge in [0.05, 0.1) is 5.56 Å². The van der Waals surface area contributed by atoms with E-state index in [4.69, 9.17) is 4.52 Å². The van der Waals surface area contributed by atoms with Crippen LogP contribution in [0.15, 0.2) is 59.6 Å². The third-order valence-corrected chi connectivity index (χ3v) is 4.62. The Morgan fingerprint density at radius 2 is 2.00 bits per heavy atom. The highest BCUT2D eigenvalue weighted by molar-refractivity contribution is 5.92. The minimum Gasteiger partial charge on any atom is -0.347 e. The molecule has 3 heterocycles. The first-order valence-electron chi connectivity index (χ1n) is 9.62. The van der Waals surface area contributed by atoms with Crippen LogP contribution >= 0.6 is 0 Å². The molecule has 8 nitrogen and oxygen atoms in total. The average Bonchev–Trinajstić information content (AvgIpc) is 3.47. The lowest BCUT2D eigenvalue weighted by Crippen LogP contribution is -2.24. The number of halogens is 3. The second-order valence-corrected chi connectivity index (χ2v) is 6.78. The number of aryl methyl sites for hydroxylation is 1. The Morgan fingerprint density at radius 3 is 2.75 bits per heavy atom. The quantitative estimate of drug-likeness (QED) is 0.487. The van der Waals surface area contributed by atoms with E-state index >= 15 is 0 Å². The van der Waals surface area contributed by atoms with Gasteiger partial charge >= 0.3 is 6.18 Å². The molecule has 0 fully saturated rings. The molecule has 1 amide bonds. The van der Waals surface area contributed by atoms with Gasteiger partial charge in [0.1, 0.15) is 17.8 Å².